The molecule has 1 N–H and O–H groups in total. The van der Waals surface area contributed by atoms with Crippen LogP contribution in [0.1, 0.15) is 63.7 Å². The Balaban J connectivity index is 2.55. The quantitative estimate of drug-likeness (QED) is 0.307. The minimum Gasteiger partial charge on any atom is -0.465 e. The molecule has 0 aliphatic rings. The molecule has 1 unspecified atom stereocenters. The van der Waals surface area contributed by atoms with Crippen LogP contribution in [0.3, 0.4) is 0 Å². The average molecular weight is 466 g/mol. The van der Waals surface area contributed by atoms with Gasteiger partial charge in [0.1, 0.15) is 19.8 Å². The summed E-state index contributed by atoms with van der Waals surface area (Å²) in [6.45, 7) is 7.33. The molecule has 9 heteroatoms. The highest BCUT2D eigenvalue weighted by Crippen LogP contribution is 2.25. The van der Waals surface area contributed by atoms with Crippen molar-refractivity contribution in [3.8, 4) is 0 Å². The molecule has 0 spiro atoms. The molecule has 0 aliphatic carbocycles. The smallest absolute Gasteiger partial charge is 0.338 e. The van der Waals surface area contributed by atoms with Crippen LogP contribution in [0.4, 0.5) is 5.69 Å². The fraction of sp³-hybridized carbons (Fsp3) is 0.583. The molecule has 0 aliphatic heterocycles. The van der Waals surface area contributed by atoms with E-state index in [0.717, 1.165) is 5.69 Å². The highest BCUT2D eigenvalue weighted by molar-refractivity contribution is 5.89. The van der Waals surface area contributed by atoms with Gasteiger partial charge >= 0.3 is 23.9 Å². The summed E-state index contributed by atoms with van der Waals surface area (Å²) >= 11 is 0. The molecule has 9 nitrogen and oxygen atoms in total. The molecule has 0 aromatic heterocycles. The van der Waals surface area contributed by atoms with Crippen molar-refractivity contribution >= 4 is 29.6 Å². The van der Waals surface area contributed by atoms with E-state index in [9.17, 15) is 19.2 Å². The second-order valence-corrected chi connectivity index (χ2v) is 7.68. The lowest BCUT2D eigenvalue weighted by Gasteiger charge is -2.30. The third kappa shape index (κ3) is 10.9. The first-order chi connectivity index (χ1) is 15.7. The largest absolute Gasteiger partial charge is 0.465 e. The predicted molar refractivity (Wildman–Crippen MR) is 122 cm³/mol. The molecule has 184 valence electrons. The molecule has 1 aromatic rings. The molecule has 0 heterocycles. The first-order valence-corrected chi connectivity index (χ1v) is 11.2. The van der Waals surface area contributed by atoms with Crippen molar-refractivity contribution in [3.05, 3.63) is 29.8 Å². The molecule has 0 radical (unpaired) electrons. The van der Waals surface area contributed by atoms with Crippen LogP contribution in [-0.2, 0) is 33.3 Å². The molecule has 0 bridgehead atoms. The first-order valence-electron chi connectivity index (χ1n) is 11.2. The number of esters is 4. The molecular formula is C24H35NO8. The molecule has 0 saturated heterocycles. The van der Waals surface area contributed by atoms with Gasteiger partial charge in [0.2, 0.25) is 0 Å². The Labute approximate surface area is 195 Å². The van der Waals surface area contributed by atoms with E-state index in [-0.39, 0.29) is 38.2 Å². The zero-order chi connectivity index (χ0) is 24.7. The second kappa shape index (κ2) is 14.9. The lowest BCUT2D eigenvalue weighted by atomic mass is 9.88. The number of benzene rings is 1. The highest BCUT2D eigenvalue weighted by atomic mass is 16.6. The zero-order valence-corrected chi connectivity index (χ0v) is 19.9. The SMILES string of the molecule is CCCC(=O)OCC(CC)(COC(C)=O)COC(=O)CCNc1ccc(C(=O)OCC)cc1. The maximum absolute atomic E-state index is 12.3. The number of rotatable bonds is 15. The van der Waals surface area contributed by atoms with Crippen molar-refractivity contribution in [1.29, 1.82) is 0 Å². The van der Waals surface area contributed by atoms with Crippen LogP contribution < -0.4 is 5.32 Å². The van der Waals surface area contributed by atoms with Crippen LogP contribution in [-0.4, -0.2) is 56.8 Å². The van der Waals surface area contributed by atoms with Crippen molar-refractivity contribution < 1.29 is 38.1 Å². The van der Waals surface area contributed by atoms with Gasteiger partial charge in [-0.1, -0.05) is 13.8 Å². The summed E-state index contributed by atoms with van der Waals surface area (Å²) < 4.78 is 20.8. The van der Waals surface area contributed by atoms with Gasteiger partial charge in [-0.05, 0) is 44.0 Å². The molecule has 1 aromatic carbocycles. The first kappa shape index (κ1) is 27.9. The summed E-state index contributed by atoms with van der Waals surface area (Å²) in [5.74, 6) is -1.63. The van der Waals surface area contributed by atoms with E-state index in [1.807, 2.05) is 13.8 Å². The van der Waals surface area contributed by atoms with Gasteiger partial charge in [0.05, 0.1) is 24.0 Å². The Morgan fingerprint density at radius 1 is 0.818 bits per heavy atom. The third-order valence-electron chi connectivity index (χ3n) is 4.92. The van der Waals surface area contributed by atoms with Gasteiger partial charge in [-0.2, -0.15) is 0 Å². The van der Waals surface area contributed by atoms with E-state index in [0.29, 0.717) is 38.0 Å². The van der Waals surface area contributed by atoms with Gasteiger partial charge in [0, 0.05) is 25.6 Å². The van der Waals surface area contributed by atoms with E-state index in [2.05, 4.69) is 5.32 Å². The van der Waals surface area contributed by atoms with E-state index in [1.54, 1.807) is 31.2 Å². The predicted octanol–water partition coefficient (Wildman–Crippen LogP) is 3.51. The van der Waals surface area contributed by atoms with Gasteiger partial charge in [-0.3, -0.25) is 14.4 Å². The number of hydrogen-bond donors (Lipinski definition) is 1. The van der Waals surface area contributed by atoms with Crippen LogP contribution in [0.5, 0.6) is 0 Å². The molecule has 1 atom stereocenters. The maximum Gasteiger partial charge on any atom is 0.338 e. The number of carbonyl (C=O) groups excluding carboxylic acids is 4. The van der Waals surface area contributed by atoms with E-state index >= 15 is 0 Å². The fourth-order valence-corrected chi connectivity index (χ4v) is 2.75. The normalized spacial score (nSPS) is 12.2. The van der Waals surface area contributed by atoms with Crippen molar-refractivity contribution in [2.24, 2.45) is 5.41 Å². The average Bonchev–Trinajstić information content (AvgIpc) is 2.79. The summed E-state index contributed by atoms with van der Waals surface area (Å²) in [5, 5.41) is 3.09. The number of hydrogen-bond acceptors (Lipinski definition) is 9. The van der Waals surface area contributed by atoms with Crippen molar-refractivity contribution in [1.82, 2.24) is 0 Å². The van der Waals surface area contributed by atoms with Crippen molar-refractivity contribution in [2.45, 2.75) is 53.4 Å². The minimum atomic E-state index is -0.804. The van der Waals surface area contributed by atoms with Gasteiger partial charge < -0.3 is 24.3 Å². The molecule has 0 fully saturated rings. The van der Waals surface area contributed by atoms with Crippen LogP contribution >= 0.6 is 0 Å². The molecule has 1 rings (SSSR count). The Hall–Kier alpha value is -3.10. The van der Waals surface area contributed by atoms with Gasteiger partial charge in [0.25, 0.3) is 0 Å². The van der Waals surface area contributed by atoms with E-state index < -0.39 is 17.4 Å². The molecular weight excluding hydrogens is 430 g/mol. The number of anilines is 1. The van der Waals surface area contributed by atoms with Gasteiger partial charge in [-0.15, -0.1) is 0 Å². The second-order valence-electron chi connectivity index (χ2n) is 7.68. The monoisotopic (exact) mass is 465 g/mol. The number of nitrogens with one attached hydrogen (secondary N) is 1. The summed E-state index contributed by atoms with van der Waals surface area (Å²) in [6, 6.07) is 6.74. The number of ether oxygens (including phenoxy) is 4. The summed E-state index contributed by atoms with van der Waals surface area (Å²) in [4.78, 5) is 47.0. The lowest BCUT2D eigenvalue weighted by molar-refractivity contribution is -0.161. The minimum absolute atomic E-state index is 0.00599. The molecule has 0 amide bonds. The lowest BCUT2D eigenvalue weighted by Crippen LogP contribution is -2.39. The van der Waals surface area contributed by atoms with Crippen molar-refractivity contribution in [3.63, 3.8) is 0 Å². The number of carbonyl (C=O) groups is 4. The Morgan fingerprint density at radius 3 is 1.91 bits per heavy atom. The maximum atomic E-state index is 12.3. The zero-order valence-electron chi connectivity index (χ0n) is 19.9. The summed E-state index contributed by atoms with van der Waals surface area (Å²) in [5.41, 5.74) is 0.391. The van der Waals surface area contributed by atoms with Crippen LogP contribution in [0.25, 0.3) is 0 Å². The van der Waals surface area contributed by atoms with Crippen LogP contribution in [0.15, 0.2) is 24.3 Å². The molecule has 0 saturated carbocycles. The van der Waals surface area contributed by atoms with Crippen LogP contribution in [0, 0.1) is 5.41 Å². The van der Waals surface area contributed by atoms with Crippen LogP contribution in [0.2, 0.25) is 0 Å². The van der Waals surface area contributed by atoms with E-state index in [1.165, 1.54) is 6.92 Å². The van der Waals surface area contributed by atoms with Gasteiger partial charge in [0.15, 0.2) is 0 Å². The molecule has 33 heavy (non-hydrogen) atoms. The van der Waals surface area contributed by atoms with Gasteiger partial charge in [-0.25, -0.2) is 4.79 Å². The third-order valence-corrected chi connectivity index (χ3v) is 4.92. The topological polar surface area (TPSA) is 117 Å². The van der Waals surface area contributed by atoms with E-state index in [4.69, 9.17) is 18.9 Å². The summed E-state index contributed by atoms with van der Waals surface area (Å²) in [6.07, 6.45) is 1.54. The Bertz CT molecular complexity index is 777. The standard InChI is InChI=1S/C24H35NO8/c1-5-8-21(27)32-16-24(6-2,15-31-18(4)26)17-33-22(28)13-14-25-20-11-9-19(10-12-20)23(29)30-7-3/h9-12,25H,5-8,13-17H2,1-4H3. The Morgan fingerprint density at radius 2 is 1.39 bits per heavy atom. The Kier molecular flexibility index (Phi) is 12.6. The highest BCUT2D eigenvalue weighted by Gasteiger charge is 2.33. The van der Waals surface area contributed by atoms with Crippen molar-refractivity contribution in [2.75, 3.05) is 38.3 Å². The summed E-state index contributed by atoms with van der Waals surface area (Å²) in [7, 11) is 0. The fourth-order valence-electron chi connectivity index (χ4n) is 2.75.